The number of rotatable bonds is 11. The third kappa shape index (κ3) is 8.16. The van der Waals surface area contributed by atoms with Crippen molar-refractivity contribution in [2.45, 2.75) is 51.4 Å². The highest BCUT2D eigenvalue weighted by atomic mass is 16.7. The minimum absolute atomic E-state index is 0.0307. The highest BCUT2D eigenvalue weighted by molar-refractivity contribution is 5.82. The molecule has 0 radical (unpaired) electrons. The van der Waals surface area contributed by atoms with Crippen LogP contribution in [0.1, 0.15) is 39.0 Å². The van der Waals surface area contributed by atoms with Gasteiger partial charge in [-0.1, -0.05) is 6.92 Å². The first-order valence-corrected chi connectivity index (χ1v) is 6.06. The first kappa shape index (κ1) is 17.0. The zero-order valence-corrected chi connectivity index (χ0v) is 10.9. The second-order valence-corrected chi connectivity index (χ2v) is 3.99. The molecule has 6 nitrogen and oxygen atoms in total. The maximum absolute atomic E-state index is 11.4. The molecule has 0 aromatic rings. The number of methoxy groups -OCH3 is 1. The van der Waals surface area contributed by atoms with Gasteiger partial charge in [-0.2, -0.15) is 0 Å². The van der Waals surface area contributed by atoms with Gasteiger partial charge in [-0.05, 0) is 6.42 Å². The normalized spacial score (nSPS) is 14.2. The predicted molar refractivity (Wildman–Crippen MR) is 64.2 cm³/mol. The molecule has 0 bridgehead atoms. The van der Waals surface area contributed by atoms with Crippen LogP contribution >= 0.6 is 0 Å². The van der Waals surface area contributed by atoms with Crippen LogP contribution in [0.15, 0.2) is 0 Å². The van der Waals surface area contributed by atoms with Crippen molar-refractivity contribution in [3.63, 3.8) is 0 Å². The summed E-state index contributed by atoms with van der Waals surface area (Å²) in [5.74, 6) is -1.10. The van der Waals surface area contributed by atoms with Gasteiger partial charge in [0.1, 0.15) is 5.78 Å². The van der Waals surface area contributed by atoms with E-state index in [1.165, 1.54) is 7.11 Å². The lowest BCUT2D eigenvalue weighted by molar-refractivity contribution is -0.169. The number of ether oxygens (including phenoxy) is 2. The molecule has 0 rings (SSSR count). The molecular weight excluding hydrogens is 240 g/mol. The van der Waals surface area contributed by atoms with Gasteiger partial charge in [0, 0.05) is 26.4 Å². The molecule has 106 valence electrons. The van der Waals surface area contributed by atoms with E-state index in [2.05, 4.69) is 0 Å². The van der Waals surface area contributed by atoms with E-state index in [-0.39, 0.29) is 37.8 Å². The van der Waals surface area contributed by atoms with Crippen molar-refractivity contribution in [1.82, 2.24) is 0 Å². The molecule has 6 heteroatoms. The first-order chi connectivity index (χ1) is 8.53. The van der Waals surface area contributed by atoms with Crippen LogP contribution in [0.2, 0.25) is 0 Å². The van der Waals surface area contributed by atoms with E-state index in [9.17, 15) is 9.59 Å². The molecule has 18 heavy (non-hydrogen) atoms. The highest BCUT2D eigenvalue weighted by Gasteiger charge is 2.16. The average molecular weight is 262 g/mol. The number of ketones is 1. The van der Waals surface area contributed by atoms with Crippen LogP contribution in [-0.2, 0) is 19.1 Å². The van der Waals surface area contributed by atoms with E-state index in [1.807, 2.05) is 6.92 Å². The number of aliphatic hydroxyl groups excluding tert-OH is 1. The number of carboxylic acid groups (broad SMARTS) is 1. The highest BCUT2D eigenvalue weighted by Crippen LogP contribution is 2.10. The molecular formula is C12H22O6. The summed E-state index contributed by atoms with van der Waals surface area (Å²) in [6.07, 6.45) is 0.275. The average Bonchev–Trinajstić information content (AvgIpc) is 2.36. The van der Waals surface area contributed by atoms with Crippen LogP contribution < -0.4 is 0 Å². The molecule has 0 aliphatic heterocycles. The summed E-state index contributed by atoms with van der Waals surface area (Å²) in [5, 5.41) is 17.4. The Hall–Kier alpha value is -0.980. The van der Waals surface area contributed by atoms with E-state index in [0.717, 1.165) is 0 Å². The lowest BCUT2D eigenvalue weighted by atomic mass is 10.1. The van der Waals surface area contributed by atoms with Crippen molar-refractivity contribution < 1.29 is 29.3 Å². The lowest BCUT2D eigenvalue weighted by Gasteiger charge is -2.21. The third-order valence-electron chi connectivity index (χ3n) is 2.54. The van der Waals surface area contributed by atoms with Crippen molar-refractivity contribution in [2.24, 2.45) is 0 Å². The van der Waals surface area contributed by atoms with Crippen molar-refractivity contribution in [3.05, 3.63) is 0 Å². The van der Waals surface area contributed by atoms with E-state index in [0.29, 0.717) is 12.8 Å². The monoisotopic (exact) mass is 262 g/mol. The summed E-state index contributed by atoms with van der Waals surface area (Å²) in [6.45, 7) is 1.79. The van der Waals surface area contributed by atoms with Crippen molar-refractivity contribution in [1.29, 1.82) is 0 Å². The van der Waals surface area contributed by atoms with Gasteiger partial charge in [0.25, 0.3) is 0 Å². The Balaban J connectivity index is 3.91. The zero-order valence-electron chi connectivity index (χ0n) is 10.9. The van der Waals surface area contributed by atoms with Gasteiger partial charge >= 0.3 is 5.97 Å². The zero-order chi connectivity index (χ0) is 14.0. The number of carboxylic acids is 1. The number of Topliss-reactive ketones (excluding diaryl/α,β-unsaturated/α-hetero) is 1. The maximum atomic E-state index is 11.4. The molecule has 0 aliphatic carbocycles. The van der Waals surface area contributed by atoms with Gasteiger partial charge in [-0.3, -0.25) is 9.59 Å². The summed E-state index contributed by atoms with van der Waals surface area (Å²) >= 11 is 0. The Morgan fingerprint density at radius 2 is 1.89 bits per heavy atom. The summed E-state index contributed by atoms with van der Waals surface area (Å²) in [7, 11) is 1.47. The fraction of sp³-hybridized carbons (Fsp3) is 0.833. The molecule has 0 spiro atoms. The number of aliphatic carboxylic acids is 1. The number of hydrogen-bond acceptors (Lipinski definition) is 5. The van der Waals surface area contributed by atoms with Crippen LogP contribution in [0.25, 0.3) is 0 Å². The van der Waals surface area contributed by atoms with Gasteiger partial charge in [-0.15, -0.1) is 0 Å². The van der Waals surface area contributed by atoms with Crippen LogP contribution in [0, 0.1) is 0 Å². The molecule has 0 aromatic heterocycles. The largest absolute Gasteiger partial charge is 0.481 e. The quantitative estimate of drug-likeness (QED) is 0.539. The minimum atomic E-state index is -0.978. The maximum Gasteiger partial charge on any atom is 0.303 e. The van der Waals surface area contributed by atoms with Gasteiger partial charge in [0.05, 0.1) is 19.1 Å². The third-order valence-corrected chi connectivity index (χ3v) is 2.54. The Labute approximate surface area is 107 Å². The molecule has 0 fully saturated rings. The summed E-state index contributed by atoms with van der Waals surface area (Å²) in [5.41, 5.74) is 0. The topological polar surface area (TPSA) is 93.1 Å². The van der Waals surface area contributed by atoms with Crippen molar-refractivity contribution in [3.8, 4) is 0 Å². The van der Waals surface area contributed by atoms with Crippen LogP contribution in [0.3, 0.4) is 0 Å². The second-order valence-electron chi connectivity index (χ2n) is 3.99. The van der Waals surface area contributed by atoms with E-state index in [1.54, 1.807) is 0 Å². The van der Waals surface area contributed by atoms with E-state index in [4.69, 9.17) is 19.7 Å². The van der Waals surface area contributed by atoms with Crippen LogP contribution in [0.4, 0.5) is 0 Å². The van der Waals surface area contributed by atoms with Crippen molar-refractivity contribution >= 4 is 11.8 Å². The smallest absolute Gasteiger partial charge is 0.303 e. The Kier molecular flexibility index (Phi) is 9.45. The predicted octanol–water partition coefficient (Wildman–Crippen LogP) is 0.960. The molecule has 0 aliphatic rings. The number of aliphatic hydroxyl groups is 1. The molecule has 0 aromatic carbocycles. The van der Waals surface area contributed by atoms with Gasteiger partial charge < -0.3 is 19.7 Å². The van der Waals surface area contributed by atoms with Crippen LogP contribution in [-0.4, -0.2) is 48.1 Å². The molecule has 0 amide bonds. The fourth-order valence-corrected chi connectivity index (χ4v) is 1.37. The minimum Gasteiger partial charge on any atom is -0.481 e. The van der Waals surface area contributed by atoms with Gasteiger partial charge in [0.15, 0.2) is 6.29 Å². The molecule has 2 unspecified atom stereocenters. The van der Waals surface area contributed by atoms with E-state index < -0.39 is 12.3 Å². The molecule has 2 N–H and O–H groups in total. The molecule has 2 atom stereocenters. The second kappa shape index (κ2) is 9.99. The Morgan fingerprint density at radius 1 is 1.22 bits per heavy atom. The fourth-order valence-electron chi connectivity index (χ4n) is 1.37. The molecule has 0 saturated heterocycles. The number of carbonyl (C=O) groups is 2. The van der Waals surface area contributed by atoms with E-state index >= 15 is 0 Å². The Bertz CT molecular complexity index is 249. The molecule has 0 heterocycles. The lowest BCUT2D eigenvalue weighted by Crippen LogP contribution is -2.26. The summed E-state index contributed by atoms with van der Waals surface area (Å²) < 4.78 is 10.5. The first-order valence-electron chi connectivity index (χ1n) is 6.06. The summed E-state index contributed by atoms with van der Waals surface area (Å²) in [4.78, 5) is 21.7. The summed E-state index contributed by atoms with van der Waals surface area (Å²) in [6, 6.07) is 0. The van der Waals surface area contributed by atoms with Gasteiger partial charge in [0.2, 0.25) is 0 Å². The Morgan fingerprint density at radius 3 is 2.33 bits per heavy atom. The number of carbonyl (C=O) groups excluding carboxylic acids is 1. The van der Waals surface area contributed by atoms with Crippen LogP contribution in [0.5, 0.6) is 0 Å². The molecule has 0 saturated carbocycles. The van der Waals surface area contributed by atoms with Crippen molar-refractivity contribution in [2.75, 3.05) is 13.7 Å². The van der Waals surface area contributed by atoms with Gasteiger partial charge in [-0.25, -0.2) is 0 Å². The number of hydrogen-bond donors (Lipinski definition) is 2. The standard InChI is InChI=1S/C12H22O6/c1-3-10(8-13)18-12(17-2)7-5-9(14)4-6-11(15)16/h10,12-13H,3-8H2,1-2H3,(H,15,16). The SMILES string of the molecule is CCC(CO)OC(CCC(=O)CCC(=O)O)OC.